The van der Waals surface area contributed by atoms with Crippen LogP contribution in [-0.4, -0.2) is 36.0 Å². The lowest BCUT2D eigenvalue weighted by molar-refractivity contribution is -0.394. The van der Waals surface area contributed by atoms with Crippen molar-refractivity contribution in [1.82, 2.24) is 14.9 Å². The van der Waals surface area contributed by atoms with E-state index >= 15 is 0 Å². The first-order valence-corrected chi connectivity index (χ1v) is 5.04. The number of non-ortho nitro benzene ring substituents is 1. The topological polar surface area (TPSA) is 150 Å². The first kappa shape index (κ1) is 13.1. The van der Waals surface area contributed by atoms with Gasteiger partial charge in [-0.1, -0.05) is 0 Å². The van der Waals surface area contributed by atoms with Gasteiger partial charge >= 0.3 is 5.69 Å². The summed E-state index contributed by atoms with van der Waals surface area (Å²) in [6.07, 6.45) is 3.50. The summed E-state index contributed by atoms with van der Waals surface area (Å²) in [5.74, 6) is -0.711. The molecular formula is C9H6N6O5. The normalized spacial score (nSPS) is 10.8. The molecule has 1 aromatic heterocycles. The highest BCUT2D eigenvalue weighted by molar-refractivity contribution is 5.87. The minimum atomic E-state index is -0.918. The maximum atomic E-state index is 10.7. The minimum absolute atomic E-state index is 0.167. The first-order chi connectivity index (χ1) is 9.49. The number of aromatic hydroxyl groups is 1. The largest absolute Gasteiger partial charge is 0.502 e. The highest BCUT2D eigenvalue weighted by Crippen LogP contribution is 2.33. The Morgan fingerprint density at radius 3 is 2.40 bits per heavy atom. The smallest absolute Gasteiger partial charge is 0.318 e. The Kier molecular flexibility index (Phi) is 3.33. The summed E-state index contributed by atoms with van der Waals surface area (Å²) in [7, 11) is 0. The van der Waals surface area contributed by atoms with Crippen LogP contribution in [0.3, 0.4) is 0 Å². The Morgan fingerprint density at radius 2 is 1.85 bits per heavy atom. The number of nitrogens with zero attached hydrogens (tertiary/aromatic N) is 6. The molecule has 20 heavy (non-hydrogen) atoms. The first-order valence-electron chi connectivity index (χ1n) is 5.04. The van der Waals surface area contributed by atoms with Gasteiger partial charge in [0.25, 0.3) is 5.69 Å². The number of phenolic OH excluding ortho intramolecular Hbond substituents is 1. The number of aromatic nitrogens is 3. The van der Waals surface area contributed by atoms with E-state index in [9.17, 15) is 25.3 Å². The van der Waals surface area contributed by atoms with Crippen molar-refractivity contribution in [1.29, 1.82) is 0 Å². The van der Waals surface area contributed by atoms with Crippen LogP contribution in [-0.2, 0) is 0 Å². The molecule has 2 rings (SSSR count). The third-order valence-electron chi connectivity index (χ3n) is 2.25. The molecule has 0 amide bonds. The molecule has 11 nitrogen and oxygen atoms in total. The van der Waals surface area contributed by atoms with Gasteiger partial charge in [0.05, 0.1) is 27.7 Å². The van der Waals surface area contributed by atoms with Crippen LogP contribution in [0.15, 0.2) is 29.9 Å². The van der Waals surface area contributed by atoms with Crippen molar-refractivity contribution in [3.05, 3.63) is 50.6 Å². The number of nitro benzene ring substituents is 2. The molecule has 102 valence electrons. The summed E-state index contributed by atoms with van der Waals surface area (Å²) in [6, 6.07) is 1.64. The molecule has 0 saturated heterocycles. The molecule has 0 radical (unpaired) electrons. The molecule has 1 aromatic carbocycles. The quantitative estimate of drug-likeness (QED) is 0.490. The summed E-state index contributed by atoms with van der Waals surface area (Å²) >= 11 is 0. The van der Waals surface area contributed by atoms with Crippen LogP contribution in [0.5, 0.6) is 5.75 Å². The van der Waals surface area contributed by atoms with E-state index in [-0.39, 0.29) is 5.56 Å². The van der Waals surface area contributed by atoms with Crippen molar-refractivity contribution in [2.75, 3.05) is 0 Å². The van der Waals surface area contributed by atoms with Crippen LogP contribution in [0.2, 0.25) is 0 Å². The van der Waals surface area contributed by atoms with Crippen LogP contribution in [0.25, 0.3) is 0 Å². The summed E-state index contributed by atoms with van der Waals surface area (Å²) in [5, 5.41) is 41.8. The number of hydrogen-bond acceptors (Lipinski definition) is 8. The van der Waals surface area contributed by atoms with Crippen molar-refractivity contribution in [3.8, 4) is 5.75 Å². The number of phenols is 1. The Morgan fingerprint density at radius 1 is 1.20 bits per heavy atom. The molecule has 0 aliphatic rings. The van der Waals surface area contributed by atoms with E-state index in [1.807, 2.05) is 0 Å². The lowest BCUT2D eigenvalue weighted by Gasteiger charge is -2.00. The molecule has 1 N–H and O–H groups in total. The van der Waals surface area contributed by atoms with Crippen molar-refractivity contribution in [2.45, 2.75) is 0 Å². The van der Waals surface area contributed by atoms with Gasteiger partial charge in [0, 0.05) is 6.07 Å². The van der Waals surface area contributed by atoms with Crippen LogP contribution in [0.1, 0.15) is 5.56 Å². The molecule has 0 unspecified atom stereocenters. The van der Waals surface area contributed by atoms with Gasteiger partial charge in [-0.2, -0.15) is 5.10 Å². The van der Waals surface area contributed by atoms with Crippen molar-refractivity contribution < 1.29 is 15.0 Å². The van der Waals surface area contributed by atoms with Crippen LogP contribution in [0.4, 0.5) is 11.4 Å². The molecule has 0 fully saturated rings. The third kappa shape index (κ3) is 2.55. The maximum Gasteiger partial charge on any atom is 0.318 e. The van der Waals surface area contributed by atoms with Gasteiger partial charge in [-0.05, 0) is 0 Å². The summed E-state index contributed by atoms with van der Waals surface area (Å²) in [6.45, 7) is 0. The van der Waals surface area contributed by atoms with Gasteiger partial charge in [0.2, 0.25) is 5.75 Å². The Balaban J connectivity index is 2.51. The fourth-order valence-corrected chi connectivity index (χ4v) is 1.35. The third-order valence-corrected chi connectivity index (χ3v) is 2.25. The maximum absolute atomic E-state index is 10.7. The second kappa shape index (κ2) is 5.09. The van der Waals surface area contributed by atoms with E-state index in [1.54, 1.807) is 0 Å². The summed E-state index contributed by atoms with van der Waals surface area (Å²) < 4.78 is 1.16. The second-order valence-electron chi connectivity index (χ2n) is 3.50. The molecule has 0 atom stereocenters. The van der Waals surface area contributed by atoms with Crippen molar-refractivity contribution in [3.63, 3.8) is 0 Å². The fraction of sp³-hybridized carbons (Fsp3) is 0. The Hall–Kier alpha value is -3.37. The minimum Gasteiger partial charge on any atom is -0.502 e. The summed E-state index contributed by atoms with van der Waals surface area (Å²) in [4.78, 5) is 19.7. The molecule has 0 saturated carbocycles. The molecule has 0 bridgehead atoms. The molecular weight excluding hydrogens is 272 g/mol. The lowest BCUT2D eigenvalue weighted by atomic mass is 10.1. The summed E-state index contributed by atoms with van der Waals surface area (Å²) in [5.41, 5.74) is -1.47. The number of benzene rings is 1. The van der Waals surface area contributed by atoms with Gasteiger partial charge in [-0.25, -0.2) is 4.68 Å². The van der Waals surface area contributed by atoms with E-state index in [4.69, 9.17) is 0 Å². The van der Waals surface area contributed by atoms with Crippen LogP contribution in [0, 0.1) is 20.2 Å². The second-order valence-corrected chi connectivity index (χ2v) is 3.50. The highest BCUT2D eigenvalue weighted by atomic mass is 16.6. The molecule has 0 aliphatic carbocycles. The van der Waals surface area contributed by atoms with E-state index in [0.717, 1.165) is 17.0 Å². The SMILES string of the molecule is O=[N+]([O-])c1cc(/C=N/n2cnnc2)c(O)c([N+](=O)[O-])c1. The zero-order chi connectivity index (χ0) is 14.7. The van der Waals surface area contributed by atoms with Gasteiger partial charge in [-0.3, -0.25) is 20.2 Å². The molecule has 0 spiro atoms. The van der Waals surface area contributed by atoms with Gasteiger partial charge in [-0.15, -0.1) is 10.2 Å². The molecule has 2 aromatic rings. The lowest BCUT2D eigenvalue weighted by Crippen LogP contribution is -1.97. The standard InChI is InChI=1S/C9H6N6O5/c16-9-6(3-12-13-4-10-11-5-13)1-7(14(17)18)2-8(9)15(19)20/h1-5,16H/b12-3+. The Labute approximate surface area is 110 Å². The molecule has 0 aliphatic heterocycles. The predicted octanol–water partition coefficient (Wildman–Crippen LogP) is 0.682. The monoisotopic (exact) mass is 278 g/mol. The highest BCUT2D eigenvalue weighted by Gasteiger charge is 2.22. The van der Waals surface area contributed by atoms with E-state index in [1.165, 1.54) is 12.7 Å². The van der Waals surface area contributed by atoms with Crippen LogP contribution >= 0.6 is 0 Å². The van der Waals surface area contributed by atoms with Crippen molar-refractivity contribution in [2.24, 2.45) is 5.10 Å². The van der Waals surface area contributed by atoms with Gasteiger partial charge in [0.15, 0.2) is 0 Å². The number of hydrogen-bond donors (Lipinski definition) is 1. The van der Waals surface area contributed by atoms with E-state index in [0.29, 0.717) is 6.07 Å². The van der Waals surface area contributed by atoms with Gasteiger partial charge < -0.3 is 5.11 Å². The van der Waals surface area contributed by atoms with E-state index in [2.05, 4.69) is 15.3 Å². The predicted molar refractivity (Wildman–Crippen MR) is 64.4 cm³/mol. The Bertz CT molecular complexity index is 695. The van der Waals surface area contributed by atoms with Crippen molar-refractivity contribution >= 4 is 17.6 Å². The number of nitro groups is 2. The molecule has 1 heterocycles. The average molecular weight is 278 g/mol. The zero-order valence-electron chi connectivity index (χ0n) is 9.65. The molecule has 11 heteroatoms. The zero-order valence-corrected chi connectivity index (χ0v) is 9.65. The fourth-order valence-electron chi connectivity index (χ4n) is 1.35. The average Bonchev–Trinajstić information content (AvgIpc) is 2.90. The van der Waals surface area contributed by atoms with Crippen LogP contribution < -0.4 is 0 Å². The number of rotatable bonds is 4. The van der Waals surface area contributed by atoms with Gasteiger partial charge in [0.1, 0.15) is 12.7 Å². The van der Waals surface area contributed by atoms with E-state index < -0.39 is 27.0 Å².